The summed E-state index contributed by atoms with van der Waals surface area (Å²) in [6.07, 6.45) is 1.79. The van der Waals surface area contributed by atoms with Crippen molar-refractivity contribution in [3.63, 3.8) is 0 Å². The number of aryl methyl sites for hydroxylation is 1. The van der Waals surface area contributed by atoms with Crippen molar-refractivity contribution >= 4 is 38.5 Å². The molecule has 1 heterocycles. The lowest BCUT2D eigenvalue weighted by Gasteiger charge is -1.99. The van der Waals surface area contributed by atoms with Crippen LogP contribution >= 0.6 is 38.5 Å². The molecule has 0 radical (unpaired) electrons. The second kappa shape index (κ2) is 6.63. The Balaban J connectivity index is 2.16. The lowest BCUT2D eigenvalue weighted by molar-refractivity contribution is 0.494. The zero-order valence-corrected chi connectivity index (χ0v) is 13.7. The van der Waals surface area contributed by atoms with Gasteiger partial charge in [-0.05, 0) is 76.7 Å². The molecule has 0 bridgehead atoms. The SMILES string of the molecule is CNCCCc1nnc(-c2cc(I)ccc2Br)o1. The molecular formula is C12H13BrIN3O. The minimum atomic E-state index is 0.569. The Bertz CT molecular complexity index is 530. The van der Waals surface area contributed by atoms with Crippen LogP contribution in [0, 0.1) is 3.57 Å². The van der Waals surface area contributed by atoms with E-state index in [2.05, 4.69) is 54.0 Å². The number of benzene rings is 1. The van der Waals surface area contributed by atoms with E-state index in [4.69, 9.17) is 4.42 Å². The lowest BCUT2D eigenvalue weighted by Crippen LogP contribution is -2.08. The van der Waals surface area contributed by atoms with Crippen LogP contribution < -0.4 is 5.32 Å². The minimum absolute atomic E-state index is 0.569. The molecular weight excluding hydrogens is 409 g/mol. The van der Waals surface area contributed by atoms with Gasteiger partial charge in [-0.1, -0.05) is 0 Å². The number of rotatable bonds is 5. The van der Waals surface area contributed by atoms with E-state index in [-0.39, 0.29) is 0 Å². The van der Waals surface area contributed by atoms with E-state index in [9.17, 15) is 0 Å². The highest BCUT2D eigenvalue weighted by molar-refractivity contribution is 14.1. The molecule has 6 heteroatoms. The largest absolute Gasteiger partial charge is 0.421 e. The van der Waals surface area contributed by atoms with Gasteiger partial charge in [0.05, 0.1) is 5.56 Å². The molecule has 1 N–H and O–H groups in total. The molecule has 0 aliphatic carbocycles. The van der Waals surface area contributed by atoms with Crippen molar-refractivity contribution < 1.29 is 4.42 Å². The molecule has 96 valence electrons. The first kappa shape index (κ1) is 14.0. The van der Waals surface area contributed by atoms with Crippen LogP contribution in [0.3, 0.4) is 0 Å². The normalized spacial score (nSPS) is 10.8. The topological polar surface area (TPSA) is 51.0 Å². The fourth-order valence-corrected chi connectivity index (χ4v) is 2.45. The fourth-order valence-electron chi connectivity index (χ4n) is 1.54. The van der Waals surface area contributed by atoms with Crippen molar-refractivity contribution in [1.82, 2.24) is 15.5 Å². The summed E-state index contributed by atoms with van der Waals surface area (Å²) in [5.41, 5.74) is 0.939. The first-order valence-corrected chi connectivity index (χ1v) is 7.50. The fraction of sp³-hybridized carbons (Fsp3) is 0.333. The number of aromatic nitrogens is 2. The summed E-state index contributed by atoms with van der Waals surface area (Å²) < 4.78 is 7.77. The maximum atomic E-state index is 5.67. The van der Waals surface area contributed by atoms with Crippen molar-refractivity contribution in [2.75, 3.05) is 13.6 Å². The highest BCUT2D eigenvalue weighted by atomic mass is 127. The molecule has 0 aliphatic rings. The predicted molar refractivity (Wildman–Crippen MR) is 82.4 cm³/mol. The molecule has 0 saturated heterocycles. The van der Waals surface area contributed by atoms with Gasteiger partial charge in [-0.15, -0.1) is 10.2 Å². The molecule has 2 rings (SSSR count). The van der Waals surface area contributed by atoms with Crippen LogP contribution in [-0.2, 0) is 6.42 Å². The summed E-state index contributed by atoms with van der Waals surface area (Å²) >= 11 is 5.76. The van der Waals surface area contributed by atoms with Gasteiger partial charge in [0.2, 0.25) is 11.8 Å². The van der Waals surface area contributed by atoms with E-state index in [0.29, 0.717) is 11.8 Å². The second-order valence-corrected chi connectivity index (χ2v) is 5.93. The average molecular weight is 422 g/mol. The van der Waals surface area contributed by atoms with E-state index in [1.165, 1.54) is 0 Å². The third-order valence-corrected chi connectivity index (χ3v) is 3.81. The number of halogens is 2. The first-order valence-electron chi connectivity index (χ1n) is 5.63. The summed E-state index contributed by atoms with van der Waals surface area (Å²) in [4.78, 5) is 0. The summed E-state index contributed by atoms with van der Waals surface area (Å²) in [7, 11) is 1.93. The van der Waals surface area contributed by atoms with Crippen LogP contribution in [0.1, 0.15) is 12.3 Å². The van der Waals surface area contributed by atoms with Gasteiger partial charge < -0.3 is 9.73 Å². The van der Waals surface area contributed by atoms with Crippen molar-refractivity contribution in [2.45, 2.75) is 12.8 Å². The molecule has 0 spiro atoms. The predicted octanol–water partition coefficient (Wildman–Crippen LogP) is 3.26. The Labute approximate surface area is 128 Å². The quantitative estimate of drug-likeness (QED) is 0.594. The number of nitrogens with one attached hydrogen (secondary N) is 1. The Morgan fingerprint density at radius 1 is 1.39 bits per heavy atom. The van der Waals surface area contributed by atoms with Crippen LogP contribution in [0.2, 0.25) is 0 Å². The van der Waals surface area contributed by atoms with Crippen LogP contribution in [-0.4, -0.2) is 23.8 Å². The van der Waals surface area contributed by atoms with Crippen LogP contribution in [0.25, 0.3) is 11.5 Å². The standard InChI is InChI=1S/C12H13BrIN3O/c1-15-6-2-3-11-16-17-12(18-11)9-7-8(14)4-5-10(9)13/h4-5,7,15H,2-3,6H2,1H3. The second-order valence-electron chi connectivity index (χ2n) is 3.83. The maximum Gasteiger partial charge on any atom is 0.248 e. The van der Waals surface area contributed by atoms with Crippen molar-refractivity contribution in [3.05, 3.63) is 32.1 Å². The molecule has 0 atom stereocenters. The molecule has 0 fully saturated rings. The van der Waals surface area contributed by atoms with Gasteiger partial charge in [0, 0.05) is 14.5 Å². The van der Waals surface area contributed by atoms with Gasteiger partial charge in [-0.3, -0.25) is 0 Å². The lowest BCUT2D eigenvalue weighted by atomic mass is 10.2. The molecule has 0 aliphatic heterocycles. The Kier molecular flexibility index (Phi) is 5.13. The van der Waals surface area contributed by atoms with E-state index in [1.807, 2.05) is 25.2 Å². The Hall–Kier alpha value is -0.470. The van der Waals surface area contributed by atoms with E-state index < -0.39 is 0 Å². The van der Waals surface area contributed by atoms with Gasteiger partial charge in [0.25, 0.3) is 0 Å². The van der Waals surface area contributed by atoms with Crippen molar-refractivity contribution in [3.8, 4) is 11.5 Å². The smallest absolute Gasteiger partial charge is 0.248 e. The molecule has 0 saturated carbocycles. The molecule has 0 unspecified atom stereocenters. The molecule has 1 aromatic carbocycles. The van der Waals surface area contributed by atoms with Gasteiger partial charge in [-0.25, -0.2) is 0 Å². The average Bonchev–Trinajstić information content (AvgIpc) is 2.81. The summed E-state index contributed by atoms with van der Waals surface area (Å²) in [5, 5.41) is 11.3. The van der Waals surface area contributed by atoms with Gasteiger partial charge in [0.1, 0.15) is 0 Å². The summed E-state index contributed by atoms with van der Waals surface area (Å²) in [5.74, 6) is 1.26. The van der Waals surface area contributed by atoms with Crippen molar-refractivity contribution in [1.29, 1.82) is 0 Å². The summed E-state index contributed by atoms with van der Waals surface area (Å²) in [6, 6.07) is 6.04. The third kappa shape index (κ3) is 3.52. The highest BCUT2D eigenvalue weighted by Gasteiger charge is 2.11. The molecule has 2 aromatic rings. The van der Waals surface area contributed by atoms with Gasteiger partial charge in [-0.2, -0.15) is 0 Å². The van der Waals surface area contributed by atoms with Crippen LogP contribution in [0.5, 0.6) is 0 Å². The van der Waals surface area contributed by atoms with Crippen LogP contribution in [0.4, 0.5) is 0 Å². The van der Waals surface area contributed by atoms with Crippen molar-refractivity contribution in [2.24, 2.45) is 0 Å². The minimum Gasteiger partial charge on any atom is -0.421 e. The molecule has 0 amide bonds. The number of hydrogen-bond acceptors (Lipinski definition) is 4. The first-order chi connectivity index (χ1) is 8.70. The highest BCUT2D eigenvalue weighted by Crippen LogP contribution is 2.28. The summed E-state index contributed by atoms with van der Waals surface area (Å²) in [6.45, 7) is 0.949. The number of nitrogens with zero attached hydrogens (tertiary/aromatic N) is 2. The Morgan fingerprint density at radius 2 is 2.22 bits per heavy atom. The van der Waals surface area contributed by atoms with E-state index in [1.54, 1.807) is 0 Å². The van der Waals surface area contributed by atoms with E-state index >= 15 is 0 Å². The number of hydrogen-bond donors (Lipinski definition) is 1. The third-order valence-electron chi connectivity index (χ3n) is 2.44. The maximum absolute atomic E-state index is 5.67. The van der Waals surface area contributed by atoms with Crippen LogP contribution in [0.15, 0.2) is 27.1 Å². The molecule has 18 heavy (non-hydrogen) atoms. The van der Waals surface area contributed by atoms with Gasteiger partial charge in [0.15, 0.2) is 0 Å². The zero-order chi connectivity index (χ0) is 13.0. The molecule has 1 aromatic heterocycles. The molecule has 4 nitrogen and oxygen atoms in total. The van der Waals surface area contributed by atoms with Gasteiger partial charge >= 0.3 is 0 Å². The monoisotopic (exact) mass is 421 g/mol. The Morgan fingerprint density at radius 3 is 3.00 bits per heavy atom. The zero-order valence-electron chi connectivity index (χ0n) is 9.91. The van der Waals surface area contributed by atoms with E-state index in [0.717, 1.165) is 33.0 Å².